The quantitative estimate of drug-likeness (QED) is 0.815. The fourth-order valence-corrected chi connectivity index (χ4v) is 4.68. The molecule has 1 unspecified atom stereocenters. The number of hydrogen-bond donors (Lipinski definition) is 1. The number of hydrogen-bond acceptors (Lipinski definition) is 3. The van der Waals surface area contributed by atoms with Gasteiger partial charge in [0.05, 0.1) is 0 Å². The molecule has 26 heavy (non-hydrogen) atoms. The average Bonchev–Trinajstić information content (AvgIpc) is 3.12. The van der Waals surface area contributed by atoms with Gasteiger partial charge < -0.3 is 15.1 Å². The summed E-state index contributed by atoms with van der Waals surface area (Å²) in [7, 11) is 4.33. The molecule has 144 valence electrons. The number of likely N-dealkylation sites (N-methyl/N-ethyl adjacent to an activating group) is 2. The molecule has 1 saturated carbocycles. The Kier molecular flexibility index (Phi) is 6.71. The number of benzene rings is 1. The van der Waals surface area contributed by atoms with Gasteiger partial charge in [0.15, 0.2) is 0 Å². The minimum atomic E-state index is 0.134. The summed E-state index contributed by atoms with van der Waals surface area (Å²) < 4.78 is 0. The molecule has 1 aromatic carbocycles. The SMILES string of the molecule is CN1CCC(N(C)CCC(=O)NCC2(c3ccccc3)CCCCC2)C1. The summed E-state index contributed by atoms with van der Waals surface area (Å²) in [4.78, 5) is 17.2. The molecule has 0 radical (unpaired) electrons. The molecule has 1 amide bonds. The zero-order chi connectivity index (χ0) is 18.4. The Morgan fingerprint density at radius 2 is 1.96 bits per heavy atom. The van der Waals surface area contributed by atoms with Gasteiger partial charge in [0.2, 0.25) is 5.91 Å². The molecule has 2 aliphatic rings. The highest BCUT2D eigenvalue weighted by Gasteiger charge is 2.34. The minimum Gasteiger partial charge on any atom is -0.355 e. The molecule has 0 spiro atoms. The van der Waals surface area contributed by atoms with Crippen LogP contribution in [0.2, 0.25) is 0 Å². The van der Waals surface area contributed by atoms with Crippen molar-refractivity contribution < 1.29 is 4.79 Å². The van der Waals surface area contributed by atoms with Crippen LogP contribution in [-0.4, -0.2) is 62.0 Å². The Morgan fingerprint density at radius 3 is 2.62 bits per heavy atom. The van der Waals surface area contributed by atoms with Crippen LogP contribution in [-0.2, 0) is 10.2 Å². The topological polar surface area (TPSA) is 35.6 Å². The molecule has 1 saturated heterocycles. The highest BCUT2D eigenvalue weighted by atomic mass is 16.1. The highest BCUT2D eigenvalue weighted by molar-refractivity contribution is 5.76. The third kappa shape index (κ3) is 4.86. The van der Waals surface area contributed by atoms with Gasteiger partial charge in [-0.25, -0.2) is 0 Å². The molecule has 2 fully saturated rings. The van der Waals surface area contributed by atoms with Crippen molar-refractivity contribution >= 4 is 5.91 Å². The first-order chi connectivity index (χ1) is 12.6. The minimum absolute atomic E-state index is 0.134. The van der Waals surface area contributed by atoms with Crippen molar-refractivity contribution in [3.63, 3.8) is 0 Å². The lowest BCUT2D eigenvalue weighted by Crippen LogP contribution is -2.43. The van der Waals surface area contributed by atoms with Crippen LogP contribution in [0.15, 0.2) is 30.3 Å². The predicted molar refractivity (Wildman–Crippen MR) is 107 cm³/mol. The zero-order valence-corrected chi connectivity index (χ0v) is 16.5. The predicted octanol–water partition coefficient (Wildman–Crippen LogP) is 3.03. The lowest BCUT2D eigenvalue weighted by Gasteiger charge is -2.38. The Morgan fingerprint density at radius 1 is 1.23 bits per heavy atom. The summed E-state index contributed by atoms with van der Waals surface area (Å²) in [6, 6.07) is 11.4. The van der Waals surface area contributed by atoms with Gasteiger partial charge in [0.1, 0.15) is 0 Å². The van der Waals surface area contributed by atoms with Crippen molar-refractivity contribution in [1.82, 2.24) is 15.1 Å². The normalized spacial score (nSPS) is 23.3. The van der Waals surface area contributed by atoms with Crippen LogP contribution in [0.3, 0.4) is 0 Å². The highest BCUT2D eigenvalue weighted by Crippen LogP contribution is 2.38. The molecule has 0 aromatic heterocycles. The summed E-state index contributed by atoms with van der Waals surface area (Å²) in [5.41, 5.74) is 1.53. The fourth-order valence-electron chi connectivity index (χ4n) is 4.68. The largest absolute Gasteiger partial charge is 0.355 e. The van der Waals surface area contributed by atoms with Crippen LogP contribution in [0.4, 0.5) is 0 Å². The van der Waals surface area contributed by atoms with E-state index >= 15 is 0 Å². The fraction of sp³-hybridized carbons (Fsp3) is 0.682. The second-order valence-electron chi connectivity index (χ2n) is 8.42. The van der Waals surface area contributed by atoms with Gasteiger partial charge in [-0.1, -0.05) is 49.6 Å². The number of nitrogens with zero attached hydrogens (tertiary/aromatic N) is 2. The monoisotopic (exact) mass is 357 g/mol. The molecule has 1 aliphatic carbocycles. The second kappa shape index (κ2) is 9.01. The summed E-state index contributed by atoms with van der Waals surface area (Å²) in [5, 5.41) is 3.27. The van der Waals surface area contributed by atoms with E-state index in [4.69, 9.17) is 0 Å². The van der Waals surface area contributed by atoms with Crippen LogP contribution in [0.25, 0.3) is 0 Å². The maximum Gasteiger partial charge on any atom is 0.221 e. The zero-order valence-electron chi connectivity index (χ0n) is 16.5. The van der Waals surface area contributed by atoms with Crippen molar-refractivity contribution in [2.24, 2.45) is 0 Å². The Balaban J connectivity index is 1.50. The van der Waals surface area contributed by atoms with Gasteiger partial charge in [-0.15, -0.1) is 0 Å². The summed E-state index contributed by atoms with van der Waals surface area (Å²) in [6.45, 7) is 3.92. The van der Waals surface area contributed by atoms with Gasteiger partial charge in [-0.3, -0.25) is 4.79 Å². The summed E-state index contributed by atoms with van der Waals surface area (Å²) >= 11 is 0. The number of rotatable bonds is 7. The molecule has 4 nitrogen and oxygen atoms in total. The van der Waals surface area contributed by atoms with Crippen molar-refractivity contribution in [2.75, 3.05) is 40.3 Å². The molecular formula is C22H35N3O. The van der Waals surface area contributed by atoms with Gasteiger partial charge in [0.25, 0.3) is 0 Å². The number of carbonyl (C=O) groups is 1. The van der Waals surface area contributed by atoms with E-state index in [0.717, 1.165) is 19.6 Å². The molecule has 4 heteroatoms. The van der Waals surface area contributed by atoms with E-state index in [9.17, 15) is 4.79 Å². The molecule has 3 rings (SSSR count). The summed E-state index contributed by atoms with van der Waals surface area (Å²) in [5.74, 6) is 0.198. The summed E-state index contributed by atoms with van der Waals surface area (Å²) in [6.07, 6.45) is 8.04. The second-order valence-corrected chi connectivity index (χ2v) is 8.42. The van der Waals surface area contributed by atoms with Crippen LogP contribution < -0.4 is 5.32 Å². The lowest BCUT2D eigenvalue weighted by molar-refractivity contribution is -0.121. The van der Waals surface area contributed by atoms with Crippen molar-refractivity contribution in [2.45, 2.75) is 56.4 Å². The van der Waals surface area contributed by atoms with E-state index in [0.29, 0.717) is 12.5 Å². The van der Waals surface area contributed by atoms with Crippen molar-refractivity contribution in [3.8, 4) is 0 Å². The maximum atomic E-state index is 12.5. The first-order valence-electron chi connectivity index (χ1n) is 10.3. The van der Waals surface area contributed by atoms with E-state index < -0.39 is 0 Å². The van der Waals surface area contributed by atoms with Crippen LogP contribution in [0.5, 0.6) is 0 Å². The molecule has 1 aromatic rings. The molecular weight excluding hydrogens is 322 g/mol. The Bertz CT molecular complexity index is 568. The average molecular weight is 358 g/mol. The third-order valence-electron chi connectivity index (χ3n) is 6.50. The van der Waals surface area contributed by atoms with E-state index in [1.165, 1.54) is 50.6 Å². The van der Waals surface area contributed by atoms with Crippen molar-refractivity contribution in [1.29, 1.82) is 0 Å². The molecule has 1 heterocycles. The van der Waals surface area contributed by atoms with Crippen LogP contribution in [0, 0.1) is 0 Å². The van der Waals surface area contributed by atoms with Crippen LogP contribution >= 0.6 is 0 Å². The lowest BCUT2D eigenvalue weighted by atomic mass is 9.69. The van der Waals surface area contributed by atoms with Gasteiger partial charge in [0, 0.05) is 37.5 Å². The van der Waals surface area contributed by atoms with E-state index in [1.54, 1.807) is 0 Å². The number of amides is 1. The number of likely N-dealkylation sites (tertiary alicyclic amines) is 1. The van der Waals surface area contributed by atoms with Gasteiger partial charge in [-0.2, -0.15) is 0 Å². The van der Waals surface area contributed by atoms with Crippen LogP contribution in [0.1, 0.15) is 50.5 Å². The first-order valence-corrected chi connectivity index (χ1v) is 10.3. The van der Waals surface area contributed by atoms with Gasteiger partial charge in [-0.05, 0) is 45.5 Å². The Hall–Kier alpha value is -1.39. The third-order valence-corrected chi connectivity index (χ3v) is 6.50. The molecule has 1 atom stereocenters. The van der Waals surface area contributed by atoms with E-state index in [2.05, 4.69) is 59.5 Å². The molecule has 1 aliphatic heterocycles. The van der Waals surface area contributed by atoms with Crippen molar-refractivity contribution in [3.05, 3.63) is 35.9 Å². The Labute approximate surface area is 158 Å². The molecule has 1 N–H and O–H groups in total. The smallest absolute Gasteiger partial charge is 0.221 e. The number of nitrogens with one attached hydrogen (secondary N) is 1. The van der Waals surface area contributed by atoms with E-state index in [-0.39, 0.29) is 11.3 Å². The maximum absolute atomic E-state index is 12.5. The standard InChI is InChI=1S/C22H35N3O/c1-24-15-11-20(17-24)25(2)16-12-21(26)23-18-22(13-7-4-8-14-22)19-9-5-3-6-10-19/h3,5-6,9-10,20H,4,7-8,11-18H2,1-2H3,(H,23,26). The number of carbonyl (C=O) groups excluding carboxylic acids is 1. The molecule has 0 bridgehead atoms. The van der Waals surface area contributed by atoms with Gasteiger partial charge >= 0.3 is 0 Å². The first kappa shape index (κ1) is 19.4. The van der Waals surface area contributed by atoms with E-state index in [1.807, 2.05) is 0 Å².